The third-order valence-corrected chi connectivity index (χ3v) is 4.26. The first-order valence-corrected chi connectivity index (χ1v) is 8.68. The number of amides is 1. The average molecular weight is 361 g/mol. The van der Waals surface area contributed by atoms with Gasteiger partial charge in [-0.2, -0.15) is 5.26 Å². The number of carbonyl (C=O) groups excluding carboxylic acids is 2. The molecular weight excluding hydrogens is 334 g/mol. The molecule has 0 saturated heterocycles. The van der Waals surface area contributed by atoms with Crippen LogP contribution >= 0.6 is 0 Å². The smallest absolute Gasteiger partial charge is 0.307 e. The Hall–Kier alpha value is -2.62. The van der Waals surface area contributed by atoms with Crippen LogP contribution in [0.15, 0.2) is 4.79 Å². The fraction of sp³-hybridized carbons (Fsp3) is 0.579. The van der Waals surface area contributed by atoms with Crippen LogP contribution in [0.3, 0.4) is 0 Å². The van der Waals surface area contributed by atoms with E-state index in [1.807, 2.05) is 19.9 Å². The number of carbonyl (C=O) groups is 2. The Morgan fingerprint density at radius 1 is 1.27 bits per heavy atom. The first-order chi connectivity index (χ1) is 12.2. The molecule has 0 aromatic carbocycles. The minimum atomic E-state index is -0.405. The molecule has 0 bridgehead atoms. The molecule has 0 fully saturated rings. The molecule has 1 amide bonds. The molecule has 0 aliphatic carbocycles. The summed E-state index contributed by atoms with van der Waals surface area (Å²) in [6.45, 7) is 8.38. The lowest BCUT2D eigenvalue weighted by Gasteiger charge is -2.24. The summed E-state index contributed by atoms with van der Waals surface area (Å²) in [5.74, 6) is -0.137. The summed E-state index contributed by atoms with van der Waals surface area (Å²) < 4.78 is 4.64. The van der Waals surface area contributed by atoms with Crippen LogP contribution in [-0.4, -0.2) is 42.0 Å². The maximum atomic E-state index is 12.6. The third-order valence-electron chi connectivity index (χ3n) is 4.26. The second kappa shape index (κ2) is 9.76. The number of methoxy groups -OCH3 is 1. The number of aromatic nitrogens is 1. The Bertz CT molecular complexity index is 759. The second-order valence-corrected chi connectivity index (χ2v) is 6.73. The highest BCUT2D eigenvalue weighted by atomic mass is 16.5. The normalized spacial score (nSPS) is 10.5. The molecule has 7 heteroatoms. The van der Waals surface area contributed by atoms with E-state index in [0.29, 0.717) is 30.8 Å². The Morgan fingerprint density at radius 3 is 2.46 bits per heavy atom. The van der Waals surface area contributed by atoms with Crippen molar-refractivity contribution in [1.82, 2.24) is 9.88 Å². The third kappa shape index (κ3) is 5.73. The second-order valence-electron chi connectivity index (χ2n) is 6.73. The molecule has 1 N–H and O–H groups in total. The number of pyridine rings is 1. The number of hydrogen-bond donors (Lipinski definition) is 1. The number of ether oxygens (including phenoxy) is 1. The lowest BCUT2D eigenvalue weighted by Crippen LogP contribution is -2.36. The van der Waals surface area contributed by atoms with Gasteiger partial charge in [0, 0.05) is 25.2 Å². The molecule has 1 heterocycles. The number of hydrogen-bond acceptors (Lipinski definition) is 5. The molecule has 1 aromatic rings. The van der Waals surface area contributed by atoms with Crippen LogP contribution in [0.4, 0.5) is 0 Å². The van der Waals surface area contributed by atoms with Gasteiger partial charge in [0.25, 0.3) is 5.56 Å². The van der Waals surface area contributed by atoms with E-state index in [4.69, 9.17) is 5.26 Å². The summed E-state index contributed by atoms with van der Waals surface area (Å²) in [4.78, 5) is 40.1. The van der Waals surface area contributed by atoms with Crippen LogP contribution in [-0.2, 0) is 20.7 Å². The van der Waals surface area contributed by atoms with E-state index in [1.165, 1.54) is 7.11 Å². The van der Waals surface area contributed by atoms with E-state index in [-0.39, 0.29) is 36.2 Å². The zero-order valence-corrected chi connectivity index (χ0v) is 16.1. The van der Waals surface area contributed by atoms with Crippen molar-refractivity contribution < 1.29 is 14.3 Å². The van der Waals surface area contributed by atoms with Crippen LogP contribution in [0.25, 0.3) is 0 Å². The van der Waals surface area contributed by atoms with Crippen molar-refractivity contribution in [3.8, 4) is 6.07 Å². The van der Waals surface area contributed by atoms with E-state index in [9.17, 15) is 14.4 Å². The largest absolute Gasteiger partial charge is 0.469 e. The lowest BCUT2D eigenvalue weighted by atomic mass is 9.98. The summed E-state index contributed by atoms with van der Waals surface area (Å²) in [5.41, 5.74) is 1.78. The van der Waals surface area contributed by atoms with Gasteiger partial charge in [-0.15, -0.1) is 0 Å². The van der Waals surface area contributed by atoms with Crippen LogP contribution in [0.5, 0.6) is 0 Å². The predicted octanol–water partition coefficient (Wildman–Crippen LogP) is 1.84. The quantitative estimate of drug-likeness (QED) is 0.712. The molecule has 142 valence electrons. The highest BCUT2D eigenvalue weighted by Gasteiger charge is 2.18. The number of nitriles is 1. The molecule has 1 aromatic heterocycles. The molecule has 0 atom stereocenters. The number of esters is 1. The number of aryl methyl sites for hydroxylation is 1. The monoisotopic (exact) mass is 361 g/mol. The summed E-state index contributed by atoms with van der Waals surface area (Å²) >= 11 is 0. The van der Waals surface area contributed by atoms with Crippen molar-refractivity contribution in [2.45, 2.75) is 47.0 Å². The summed E-state index contributed by atoms with van der Waals surface area (Å²) in [6.07, 6.45) is 0.825. The SMILES string of the molecule is COC(=O)CCN(CC(C)C)C(=O)CCc1c(C)[nH]c(=O)c(C#N)c1C. The van der Waals surface area contributed by atoms with Gasteiger partial charge < -0.3 is 14.6 Å². The molecule has 0 spiro atoms. The highest BCUT2D eigenvalue weighted by Crippen LogP contribution is 2.16. The fourth-order valence-corrected chi connectivity index (χ4v) is 2.90. The van der Waals surface area contributed by atoms with Gasteiger partial charge in [0.15, 0.2) is 0 Å². The molecule has 0 unspecified atom stereocenters. The summed E-state index contributed by atoms with van der Waals surface area (Å²) in [6, 6.07) is 1.92. The van der Waals surface area contributed by atoms with Gasteiger partial charge in [-0.25, -0.2) is 0 Å². The van der Waals surface area contributed by atoms with Gasteiger partial charge in [-0.3, -0.25) is 14.4 Å². The number of nitrogens with zero attached hydrogens (tertiary/aromatic N) is 2. The Labute approximate surface area is 154 Å². The number of nitrogens with one attached hydrogen (secondary N) is 1. The molecule has 0 aliphatic rings. The number of aromatic amines is 1. The van der Waals surface area contributed by atoms with Crippen LogP contribution < -0.4 is 5.56 Å². The van der Waals surface area contributed by atoms with E-state index in [2.05, 4.69) is 9.72 Å². The lowest BCUT2D eigenvalue weighted by molar-refractivity contribution is -0.141. The Morgan fingerprint density at radius 2 is 1.92 bits per heavy atom. The van der Waals surface area contributed by atoms with Crippen molar-refractivity contribution >= 4 is 11.9 Å². The minimum Gasteiger partial charge on any atom is -0.469 e. The van der Waals surface area contributed by atoms with Gasteiger partial charge >= 0.3 is 5.97 Å². The zero-order chi connectivity index (χ0) is 19.9. The average Bonchev–Trinajstić information content (AvgIpc) is 2.57. The summed E-state index contributed by atoms with van der Waals surface area (Å²) in [5, 5.41) is 9.14. The topological polar surface area (TPSA) is 103 Å². The Balaban J connectivity index is 2.89. The van der Waals surface area contributed by atoms with Gasteiger partial charge in [0.2, 0.25) is 5.91 Å². The zero-order valence-electron chi connectivity index (χ0n) is 16.1. The first-order valence-electron chi connectivity index (χ1n) is 8.68. The standard InChI is InChI=1S/C19H27N3O4/c1-12(2)11-22(9-8-18(24)26-5)17(23)7-6-15-13(3)16(10-20)19(25)21-14(15)4/h12H,6-9,11H2,1-5H3,(H,21,25). The van der Waals surface area contributed by atoms with Crippen LogP contribution in [0.2, 0.25) is 0 Å². The van der Waals surface area contributed by atoms with E-state index < -0.39 is 5.56 Å². The first kappa shape index (κ1) is 21.4. The van der Waals surface area contributed by atoms with E-state index >= 15 is 0 Å². The maximum Gasteiger partial charge on any atom is 0.307 e. The van der Waals surface area contributed by atoms with Gasteiger partial charge in [-0.05, 0) is 37.3 Å². The minimum absolute atomic E-state index is 0.0638. The fourth-order valence-electron chi connectivity index (χ4n) is 2.90. The molecule has 7 nitrogen and oxygen atoms in total. The van der Waals surface area contributed by atoms with Crippen molar-refractivity contribution in [1.29, 1.82) is 5.26 Å². The van der Waals surface area contributed by atoms with Crippen molar-refractivity contribution in [3.05, 3.63) is 32.7 Å². The van der Waals surface area contributed by atoms with Gasteiger partial charge in [-0.1, -0.05) is 13.8 Å². The maximum absolute atomic E-state index is 12.6. The predicted molar refractivity (Wildman–Crippen MR) is 97.6 cm³/mol. The Kier molecular flexibility index (Phi) is 8.04. The van der Waals surface area contributed by atoms with Crippen LogP contribution in [0.1, 0.15) is 49.1 Å². The molecule has 1 rings (SSSR count). The van der Waals surface area contributed by atoms with Crippen molar-refractivity contribution in [3.63, 3.8) is 0 Å². The highest BCUT2D eigenvalue weighted by molar-refractivity contribution is 5.77. The van der Waals surface area contributed by atoms with Gasteiger partial charge in [0.05, 0.1) is 13.5 Å². The molecule has 0 saturated carbocycles. The molecule has 0 radical (unpaired) electrons. The van der Waals surface area contributed by atoms with Crippen molar-refractivity contribution in [2.75, 3.05) is 20.2 Å². The van der Waals surface area contributed by atoms with Gasteiger partial charge in [0.1, 0.15) is 11.6 Å². The van der Waals surface area contributed by atoms with E-state index in [1.54, 1.807) is 18.7 Å². The number of H-pyrrole nitrogens is 1. The molecular formula is C19H27N3O4. The van der Waals surface area contributed by atoms with Crippen molar-refractivity contribution in [2.24, 2.45) is 5.92 Å². The van der Waals surface area contributed by atoms with E-state index in [0.717, 1.165) is 5.56 Å². The molecule has 26 heavy (non-hydrogen) atoms. The van der Waals surface area contributed by atoms with Crippen LogP contribution in [0, 0.1) is 31.1 Å². The number of rotatable bonds is 8. The molecule has 0 aliphatic heterocycles. The summed E-state index contributed by atoms with van der Waals surface area (Å²) in [7, 11) is 1.32.